The minimum absolute atomic E-state index is 0. The van der Waals surface area contributed by atoms with Crippen molar-refractivity contribution in [2.45, 2.75) is 38.3 Å². The Balaban J connectivity index is 0.000000720. The lowest BCUT2D eigenvalue weighted by Gasteiger charge is -2.44. The van der Waals surface area contributed by atoms with Gasteiger partial charge in [-0.15, -0.1) is 24.8 Å². The zero-order chi connectivity index (χ0) is 7.68. The number of nitrogens with one attached hydrogen (secondary N) is 1. The van der Waals surface area contributed by atoms with Crippen LogP contribution >= 0.6 is 24.8 Å². The Morgan fingerprint density at radius 1 is 1.23 bits per heavy atom. The largest absolute Gasteiger partial charge is 0.314 e. The Morgan fingerprint density at radius 2 is 1.92 bits per heavy atom. The Bertz CT molecular complexity index is 138. The van der Waals surface area contributed by atoms with E-state index >= 15 is 0 Å². The Labute approximate surface area is 93.3 Å². The van der Waals surface area contributed by atoms with Crippen molar-refractivity contribution in [3.8, 4) is 0 Å². The van der Waals surface area contributed by atoms with Gasteiger partial charge in [0.25, 0.3) is 0 Å². The van der Waals surface area contributed by atoms with Gasteiger partial charge in [-0.05, 0) is 19.8 Å². The normalized spacial score (nSPS) is 29.8. The minimum Gasteiger partial charge on any atom is -0.314 e. The molecule has 1 heterocycles. The van der Waals surface area contributed by atoms with Crippen LogP contribution in [0.5, 0.6) is 0 Å². The molecule has 13 heavy (non-hydrogen) atoms. The first kappa shape index (κ1) is 13.5. The number of rotatable bonds is 1. The summed E-state index contributed by atoms with van der Waals surface area (Å²) in [6.45, 7) is 5.99. The average Bonchev–Trinajstić information content (AvgIpc) is 1.90. The molecule has 1 unspecified atom stereocenters. The number of piperazine rings is 1. The summed E-state index contributed by atoms with van der Waals surface area (Å²) in [4.78, 5) is 2.68. The van der Waals surface area contributed by atoms with Gasteiger partial charge in [-0.1, -0.05) is 6.42 Å². The van der Waals surface area contributed by atoms with Crippen LogP contribution in [0.2, 0.25) is 0 Å². The highest BCUT2D eigenvalue weighted by molar-refractivity contribution is 5.85. The summed E-state index contributed by atoms with van der Waals surface area (Å²) in [5.74, 6) is 0. The Morgan fingerprint density at radius 3 is 2.38 bits per heavy atom. The van der Waals surface area contributed by atoms with Crippen LogP contribution in [0.15, 0.2) is 0 Å². The maximum atomic E-state index is 3.43. The van der Waals surface area contributed by atoms with Gasteiger partial charge < -0.3 is 5.32 Å². The van der Waals surface area contributed by atoms with Crippen molar-refractivity contribution in [1.29, 1.82) is 0 Å². The second-order valence-corrected chi connectivity index (χ2v) is 3.88. The number of hydrogen-bond donors (Lipinski definition) is 1. The van der Waals surface area contributed by atoms with Crippen LogP contribution in [0.25, 0.3) is 0 Å². The van der Waals surface area contributed by atoms with E-state index in [9.17, 15) is 0 Å². The van der Waals surface area contributed by atoms with E-state index in [1.807, 2.05) is 0 Å². The number of halogens is 2. The van der Waals surface area contributed by atoms with Crippen molar-refractivity contribution in [2.24, 2.45) is 0 Å². The predicted molar refractivity (Wildman–Crippen MR) is 61.2 cm³/mol. The van der Waals surface area contributed by atoms with Crippen LogP contribution in [0.4, 0.5) is 0 Å². The second-order valence-electron chi connectivity index (χ2n) is 3.88. The molecule has 1 saturated heterocycles. The molecule has 0 aromatic rings. The van der Waals surface area contributed by atoms with Crippen LogP contribution in [-0.2, 0) is 0 Å². The van der Waals surface area contributed by atoms with Gasteiger partial charge in [0.1, 0.15) is 0 Å². The summed E-state index contributed by atoms with van der Waals surface area (Å²) in [6.07, 6.45) is 4.36. The van der Waals surface area contributed by atoms with Crippen molar-refractivity contribution in [2.75, 3.05) is 19.6 Å². The van der Waals surface area contributed by atoms with Crippen LogP contribution in [-0.4, -0.2) is 36.6 Å². The third-order valence-electron chi connectivity index (χ3n) is 3.10. The molecule has 1 saturated carbocycles. The minimum atomic E-state index is 0. The van der Waals surface area contributed by atoms with Crippen LogP contribution in [0.3, 0.4) is 0 Å². The van der Waals surface area contributed by atoms with Gasteiger partial charge in [0, 0.05) is 31.7 Å². The molecule has 80 valence electrons. The van der Waals surface area contributed by atoms with Crippen molar-refractivity contribution in [3.63, 3.8) is 0 Å². The van der Waals surface area contributed by atoms with Gasteiger partial charge in [0.2, 0.25) is 0 Å². The molecular weight excluding hydrogens is 207 g/mol. The van der Waals surface area contributed by atoms with Crippen LogP contribution in [0, 0.1) is 0 Å². The van der Waals surface area contributed by atoms with Gasteiger partial charge in [-0.2, -0.15) is 0 Å². The third kappa shape index (κ3) is 2.98. The highest BCUT2D eigenvalue weighted by Crippen LogP contribution is 2.26. The van der Waals surface area contributed by atoms with E-state index in [1.54, 1.807) is 0 Å². The first-order chi connectivity index (χ1) is 5.38. The fourth-order valence-electron chi connectivity index (χ4n) is 2.12. The standard InChI is InChI=1S/C9H18N2.2ClH/c1-8-7-10-5-6-11(8)9-3-2-4-9;;/h8-10H,2-7H2,1H3;2*1H. The van der Waals surface area contributed by atoms with Gasteiger partial charge in [-0.25, -0.2) is 0 Å². The second kappa shape index (κ2) is 6.07. The highest BCUT2D eigenvalue weighted by Gasteiger charge is 2.29. The Hall–Kier alpha value is 0.500. The molecule has 0 amide bonds. The Kier molecular flexibility index (Phi) is 6.31. The van der Waals surface area contributed by atoms with E-state index in [-0.39, 0.29) is 24.8 Å². The van der Waals surface area contributed by atoms with Gasteiger partial charge in [0.15, 0.2) is 0 Å². The van der Waals surface area contributed by atoms with Crippen molar-refractivity contribution in [1.82, 2.24) is 10.2 Å². The monoisotopic (exact) mass is 226 g/mol. The van der Waals surface area contributed by atoms with E-state index in [4.69, 9.17) is 0 Å². The molecule has 1 aliphatic carbocycles. The summed E-state index contributed by atoms with van der Waals surface area (Å²) in [7, 11) is 0. The van der Waals surface area contributed by atoms with Crippen molar-refractivity contribution >= 4 is 24.8 Å². The van der Waals surface area contributed by atoms with Crippen molar-refractivity contribution in [3.05, 3.63) is 0 Å². The molecule has 0 spiro atoms. The molecule has 0 bridgehead atoms. The van der Waals surface area contributed by atoms with Gasteiger partial charge in [-0.3, -0.25) is 4.90 Å². The molecule has 1 aliphatic heterocycles. The molecule has 1 atom stereocenters. The first-order valence-electron chi connectivity index (χ1n) is 4.84. The molecule has 2 rings (SSSR count). The SMILES string of the molecule is CC1CNCCN1C1CCC1.Cl.Cl. The highest BCUT2D eigenvalue weighted by atomic mass is 35.5. The maximum Gasteiger partial charge on any atom is 0.0195 e. The smallest absolute Gasteiger partial charge is 0.0195 e. The van der Waals surface area contributed by atoms with Crippen molar-refractivity contribution < 1.29 is 0 Å². The maximum absolute atomic E-state index is 3.43. The molecule has 0 aromatic heterocycles. The molecule has 2 fully saturated rings. The van der Waals surface area contributed by atoms with E-state index in [2.05, 4.69) is 17.1 Å². The zero-order valence-electron chi connectivity index (χ0n) is 8.16. The first-order valence-corrected chi connectivity index (χ1v) is 4.84. The number of nitrogens with zero attached hydrogens (tertiary/aromatic N) is 1. The fourth-order valence-corrected chi connectivity index (χ4v) is 2.12. The summed E-state index contributed by atoms with van der Waals surface area (Å²) in [5.41, 5.74) is 0. The van der Waals surface area contributed by atoms with Crippen LogP contribution in [0.1, 0.15) is 26.2 Å². The van der Waals surface area contributed by atoms with E-state index < -0.39 is 0 Å². The predicted octanol–water partition coefficient (Wildman–Crippen LogP) is 1.68. The lowest BCUT2D eigenvalue weighted by atomic mass is 9.90. The summed E-state index contributed by atoms with van der Waals surface area (Å²) >= 11 is 0. The third-order valence-corrected chi connectivity index (χ3v) is 3.10. The molecule has 2 nitrogen and oxygen atoms in total. The van der Waals surface area contributed by atoms with Gasteiger partial charge in [0.05, 0.1) is 0 Å². The van der Waals surface area contributed by atoms with Gasteiger partial charge >= 0.3 is 0 Å². The zero-order valence-corrected chi connectivity index (χ0v) is 9.79. The molecule has 4 heteroatoms. The molecule has 2 aliphatic rings. The lowest BCUT2D eigenvalue weighted by molar-refractivity contribution is 0.0690. The van der Waals surface area contributed by atoms with E-state index in [0.717, 1.165) is 12.1 Å². The summed E-state index contributed by atoms with van der Waals surface area (Å²) < 4.78 is 0. The number of hydrogen-bond acceptors (Lipinski definition) is 2. The molecule has 0 radical (unpaired) electrons. The molecule has 0 aromatic carbocycles. The quantitative estimate of drug-likeness (QED) is 0.733. The van der Waals surface area contributed by atoms with E-state index in [1.165, 1.54) is 38.9 Å². The lowest BCUT2D eigenvalue weighted by Crippen LogP contribution is -2.55. The topological polar surface area (TPSA) is 15.3 Å². The van der Waals surface area contributed by atoms with E-state index in [0.29, 0.717) is 0 Å². The molecular formula is C9H20Cl2N2. The summed E-state index contributed by atoms with van der Waals surface area (Å²) in [5, 5.41) is 3.43. The van der Waals surface area contributed by atoms with Crippen LogP contribution < -0.4 is 5.32 Å². The summed E-state index contributed by atoms with van der Waals surface area (Å²) in [6, 6.07) is 1.71. The fraction of sp³-hybridized carbons (Fsp3) is 1.00. The molecule has 1 N–H and O–H groups in total. The average molecular weight is 227 g/mol.